The molecule has 0 saturated carbocycles. The molecule has 1 aliphatic heterocycles. The lowest BCUT2D eigenvalue weighted by Crippen LogP contribution is -2.50. The zero-order valence-electron chi connectivity index (χ0n) is 15.8. The van der Waals surface area contributed by atoms with Gasteiger partial charge >= 0.3 is 6.03 Å². The van der Waals surface area contributed by atoms with Crippen molar-refractivity contribution >= 4 is 29.2 Å². The third kappa shape index (κ3) is 4.05. The van der Waals surface area contributed by atoms with Crippen molar-refractivity contribution in [2.45, 2.75) is 19.8 Å². The summed E-state index contributed by atoms with van der Waals surface area (Å²) < 4.78 is 1.66. The predicted molar refractivity (Wildman–Crippen MR) is 104 cm³/mol. The molecule has 29 heavy (non-hydrogen) atoms. The molecule has 0 radical (unpaired) electrons. The molecule has 10 heteroatoms. The highest BCUT2D eigenvalue weighted by Crippen LogP contribution is 2.21. The fourth-order valence-electron chi connectivity index (χ4n) is 3.08. The Bertz CT molecular complexity index is 1110. The van der Waals surface area contributed by atoms with Crippen LogP contribution < -0.4 is 10.6 Å². The highest BCUT2D eigenvalue weighted by molar-refractivity contribution is 5.97. The van der Waals surface area contributed by atoms with E-state index in [9.17, 15) is 14.4 Å². The van der Waals surface area contributed by atoms with Crippen molar-refractivity contribution in [3.8, 4) is 11.3 Å². The molecule has 1 fully saturated rings. The third-order valence-corrected chi connectivity index (χ3v) is 4.61. The maximum Gasteiger partial charge on any atom is 0.324 e. The molecule has 2 N–H and O–H groups in total. The Morgan fingerprint density at radius 3 is 2.90 bits per heavy atom. The minimum Gasteiger partial charge on any atom is -0.326 e. The van der Waals surface area contributed by atoms with Crippen molar-refractivity contribution in [3.63, 3.8) is 0 Å². The number of amides is 4. The van der Waals surface area contributed by atoms with Gasteiger partial charge in [-0.2, -0.15) is 9.61 Å². The Morgan fingerprint density at radius 2 is 2.07 bits per heavy atom. The van der Waals surface area contributed by atoms with E-state index in [-0.39, 0.29) is 31.2 Å². The normalized spacial score (nSPS) is 14.2. The van der Waals surface area contributed by atoms with Gasteiger partial charge in [-0.05, 0) is 31.2 Å². The van der Waals surface area contributed by atoms with E-state index in [1.54, 1.807) is 10.6 Å². The predicted octanol–water partition coefficient (Wildman–Crippen LogP) is 1.37. The first-order chi connectivity index (χ1) is 14.0. The van der Waals surface area contributed by atoms with E-state index >= 15 is 0 Å². The number of rotatable bonds is 5. The van der Waals surface area contributed by atoms with Crippen molar-refractivity contribution in [2.75, 3.05) is 18.4 Å². The van der Waals surface area contributed by atoms with E-state index in [1.165, 1.54) is 4.90 Å². The van der Waals surface area contributed by atoms with Gasteiger partial charge in [0.15, 0.2) is 11.5 Å². The summed E-state index contributed by atoms with van der Waals surface area (Å²) >= 11 is 0. The van der Waals surface area contributed by atoms with Gasteiger partial charge in [-0.3, -0.25) is 14.9 Å². The zero-order chi connectivity index (χ0) is 20.4. The molecule has 0 atom stereocenters. The van der Waals surface area contributed by atoms with E-state index in [0.29, 0.717) is 23.7 Å². The molecule has 4 rings (SSSR count). The Labute approximate surface area is 165 Å². The Kier molecular flexibility index (Phi) is 4.90. The van der Waals surface area contributed by atoms with Crippen LogP contribution in [0.3, 0.4) is 0 Å². The maximum atomic E-state index is 12.3. The monoisotopic (exact) mass is 393 g/mol. The van der Waals surface area contributed by atoms with Crippen LogP contribution in [0.15, 0.2) is 36.4 Å². The molecule has 4 amide bonds. The molecule has 3 heterocycles. The largest absolute Gasteiger partial charge is 0.326 e. The summed E-state index contributed by atoms with van der Waals surface area (Å²) in [5, 5.41) is 17.6. The van der Waals surface area contributed by atoms with E-state index in [1.807, 2.05) is 37.3 Å². The van der Waals surface area contributed by atoms with Crippen LogP contribution in [0, 0.1) is 6.92 Å². The summed E-state index contributed by atoms with van der Waals surface area (Å²) in [6.45, 7) is 2.39. The first-order valence-electron chi connectivity index (χ1n) is 9.18. The maximum absolute atomic E-state index is 12.3. The van der Waals surface area contributed by atoms with E-state index in [2.05, 4.69) is 25.9 Å². The molecule has 1 saturated heterocycles. The van der Waals surface area contributed by atoms with Gasteiger partial charge in [-0.25, -0.2) is 4.79 Å². The van der Waals surface area contributed by atoms with E-state index in [0.717, 1.165) is 11.3 Å². The second kappa shape index (κ2) is 7.66. The Hall–Kier alpha value is -3.82. The minimum absolute atomic E-state index is 0.135. The van der Waals surface area contributed by atoms with Crippen molar-refractivity contribution in [1.29, 1.82) is 0 Å². The number of imide groups is 1. The number of hydrogen-bond donors (Lipinski definition) is 2. The zero-order valence-corrected chi connectivity index (χ0v) is 15.8. The van der Waals surface area contributed by atoms with Crippen LogP contribution in [0.4, 0.5) is 10.5 Å². The average Bonchev–Trinajstić information content (AvgIpc) is 3.08. The van der Waals surface area contributed by atoms with Crippen LogP contribution in [0.25, 0.3) is 16.9 Å². The third-order valence-electron chi connectivity index (χ3n) is 4.61. The standard InChI is InChI=1S/C19H19N7O3/c1-12-22-23-16-6-5-15(24-26(12)16)13-3-2-4-14(11-13)20-17(27)7-9-25-10-8-18(28)21-19(25)29/h2-6,11H,7-10H2,1H3,(H,20,27)(H,21,28,29). The number of urea groups is 1. The molecule has 10 nitrogen and oxygen atoms in total. The van der Waals surface area contributed by atoms with Crippen LogP contribution in [0.2, 0.25) is 0 Å². The van der Waals surface area contributed by atoms with E-state index in [4.69, 9.17) is 0 Å². The summed E-state index contributed by atoms with van der Waals surface area (Å²) in [6, 6.07) is 10.6. The number of aromatic nitrogens is 4. The fourth-order valence-corrected chi connectivity index (χ4v) is 3.08. The summed E-state index contributed by atoms with van der Waals surface area (Å²) in [7, 11) is 0. The smallest absolute Gasteiger partial charge is 0.324 e. The molecule has 3 aromatic rings. The SMILES string of the molecule is Cc1nnc2ccc(-c3cccc(NC(=O)CCN4CCC(=O)NC4=O)c3)nn12. The van der Waals surface area contributed by atoms with Crippen LogP contribution >= 0.6 is 0 Å². The second-order valence-corrected chi connectivity index (χ2v) is 6.71. The van der Waals surface area contributed by atoms with Crippen molar-refractivity contribution in [2.24, 2.45) is 0 Å². The van der Waals surface area contributed by atoms with Gasteiger partial charge in [0.2, 0.25) is 11.8 Å². The van der Waals surface area contributed by atoms with Gasteiger partial charge in [0.1, 0.15) is 0 Å². The quantitative estimate of drug-likeness (QED) is 0.675. The number of aryl methyl sites for hydroxylation is 1. The lowest BCUT2D eigenvalue weighted by Gasteiger charge is -2.26. The van der Waals surface area contributed by atoms with Gasteiger partial charge in [0, 0.05) is 37.2 Å². The first kappa shape index (κ1) is 18.5. The molecule has 1 aliphatic rings. The van der Waals surface area contributed by atoms with Gasteiger partial charge in [-0.15, -0.1) is 10.2 Å². The molecule has 0 spiro atoms. The van der Waals surface area contributed by atoms with Gasteiger partial charge < -0.3 is 10.2 Å². The fraction of sp³-hybridized carbons (Fsp3) is 0.263. The van der Waals surface area contributed by atoms with Crippen molar-refractivity contribution < 1.29 is 14.4 Å². The molecule has 2 aromatic heterocycles. The minimum atomic E-state index is -0.457. The topological polar surface area (TPSA) is 122 Å². The summed E-state index contributed by atoms with van der Waals surface area (Å²) in [6.07, 6.45) is 0.384. The van der Waals surface area contributed by atoms with Crippen molar-refractivity contribution in [1.82, 2.24) is 30.0 Å². The average molecular weight is 393 g/mol. The van der Waals surface area contributed by atoms with Crippen molar-refractivity contribution in [3.05, 3.63) is 42.2 Å². The summed E-state index contributed by atoms with van der Waals surface area (Å²) in [4.78, 5) is 36.6. The van der Waals surface area contributed by atoms with Gasteiger partial charge in [-0.1, -0.05) is 12.1 Å². The lowest BCUT2D eigenvalue weighted by atomic mass is 10.1. The number of fused-ring (bicyclic) bond motifs is 1. The number of anilines is 1. The van der Waals surface area contributed by atoms with Gasteiger partial charge in [0.05, 0.1) is 5.69 Å². The number of benzene rings is 1. The number of hydrogen-bond acceptors (Lipinski definition) is 6. The molecular formula is C19H19N7O3. The molecule has 0 unspecified atom stereocenters. The van der Waals surface area contributed by atoms with Crippen LogP contribution in [0.1, 0.15) is 18.7 Å². The van der Waals surface area contributed by atoms with Gasteiger partial charge in [0.25, 0.3) is 0 Å². The highest BCUT2D eigenvalue weighted by Gasteiger charge is 2.23. The van der Waals surface area contributed by atoms with Crippen LogP contribution in [0.5, 0.6) is 0 Å². The Balaban J connectivity index is 1.41. The Morgan fingerprint density at radius 1 is 1.21 bits per heavy atom. The molecule has 148 valence electrons. The molecule has 1 aromatic carbocycles. The summed E-state index contributed by atoms with van der Waals surface area (Å²) in [5.74, 6) is 0.181. The first-order valence-corrected chi connectivity index (χ1v) is 9.18. The number of carbonyl (C=O) groups is 3. The lowest BCUT2D eigenvalue weighted by molar-refractivity contribution is -0.121. The van der Waals surface area contributed by atoms with Crippen LogP contribution in [-0.4, -0.2) is 55.6 Å². The van der Waals surface area contributed by atoms with E-state index < -0.39 is 6.03 Å². The summed E-state index contributed by atoms with van der Waals surface area (Å²) in [5.41, 5.74) is 2.87. The number of nitrogens with one attached hydrogen (secondary N) is 2. The number of carbonyl (C=O) groups excluding carboxylic acids is 3. The highest BCUT2D eigenvalue weighted by atomic mass is 16.2. The molecular weight excluding hydrogens is 374 g/mol. The number of nitrogens with zero attached hydrogens (tertiary/aromatic N) is 5. The molecule has 0 aliphatic carbocycles. The molecule has 0 bridgehead atoms. The van der Waals surface area contributed by atoms with Crippen LogP contribution in [-0.2, 0) is 9.59 Å². The second-order valence-electron chi connectivity index (χ2n) is 6.71.